The van der Waals surface area contributed by atoms with Gasteiger partial charge in [-0.2, -0.15) is 9.29 Å². The van der Waals surface area contributed by atoms with Gasteiger partial charge in [0.15, 0.2) is 11.4 Å². The summed E-state index contributed by atoms with van der Waals surface area (Å²) in [7, 11) is -3.78. The normalized spacial score (nSPS) is 22.0. The molecule has 0 radical (unpaired) electrons. The lowest BCUT2D eigenvalue weighted by Crippen LogP contribution is -2.34. The third-order valence-corrected chi connectivity index (χ3v) is 5.61. The van der Waals surface area contributed by atoms with Gasteiger partial charge in [0.1, 0.15) is 4.90 Å². The highest BCUT2D eigenvalue weighted by atomic mass is 32.2. The fraction of sp³-hybridized carbons (Fsp3) is 0.500. The van der Waals surface area contributed by atoms with Crippen molar-refractivity contribution in [1.82, 2.24) is 19.4 Å². The number of nitrogens with zero attached hydrogens (tertiary/aromatic N) is 4. The van der Waals surface area contributed by atoms with Gasteiger partial charge in [0.05, 0.1) is 19.3 Å². The Balaban J connectivity index is 1.81. The van der Waals surface area contributed by atoms with Crippen molar-refractivity contribution in [1.29, 1.82) is 0 Å². The lowest BCUT2D eigenvalue weighted by atomic mass is 10.0. The van der Waals surface area contributed by atoms with Crippen LogP contribution in [0.25, 0.3) is 0 Å². The zero-order chi connectivity index (χ0) is 17.4. The maximum Gasteiger partial charge on any atom is 0.260 e. The number of aliphatic hydroxyl groups is 1. The zero-order valence-electron chi connectivity index (χ0n) is 13.3. The van der Waals surface area contributed by atoms with E-state index in [4.69, 9.17) is 9.26 Å². The Morgan fingerprint density at radius 1 is 1.46 bits per heavy atom. The van der Waals surface area contributed by atoms with Gasteiger partial charge in [-0.15, -0.1) is 0 Å². The quantitative estimate of drug-likeness (QED) is 0.822. The summed E-state index contributed by atoms with van der Waals surface area (Å²) in [6, 6.07) is 2.93. The van der Waals surface area contributed by atoms with Crippen LogP contribution in [0.5, 0.6) is 5.88 Å². The van der Waals surface area contributed by atoms with Crippen LogP contribution in [-0.4, -0.2) is 52.7 Å². The molecule has 0 spiro atoms. The van der Waals surface area contributed by atoms with Crippen LogP contribution in [0.2, 0.25) is 0 Å². The van der Waals surface area contributed by atoms with E-state index >= 15 is 0 Å². The number of hydrogen-bond donors (Lipinski definition) is 1. The highest BCUT2D eigenvalue weighted by molar-refractivity contribution is 7.89. The summed E-state index contributed by atoms with van der Waals surface area (Å²) in [5, 5.41) is 14.3. The van der Waals surface area contributed by atoms with E-state index < -0.39 is 15.6 Å². The molecule has 130 valence electrons. The molecule has 0 unspecified atom stereocenters. The SMILES string of the molecule is CCOc1ccc(S(=O)(=O)N2CC[C@](O)(c3nc(C)no3)C2)cn1. The fourth-order valence-corrected chi connectivity index (χ4v) is 3.97. The Hall–Kier alpha value is -2.04. The van der Waals surface area contributed by atoms with E-state index in [1.807, 2.05) is 6.92 Å². The average Bonchev–Trinajstić information content (AvgIpc) is 3.16. The van der Waals surface area contributed by atoms with Gasteiger partial charge in [-0.25, -0.2) is 13.4 Å². The van der Waals surface area contributed by atoms with E-state index in [0.29, 0.717) is 18.3 Å². The summed E-state index contributed by atoms with van der Waals surface area (Å²) in [5.41, 5.74) is -1.48. The molecular formula is C14H18N4O5S. The van der Waals surface area contributed by atoms with E-state index in [0.717, 1.165) is 0 Å². The number of β-amino-alcohol motifs (C(OH)–C–C–N with tert-alkyl or cyclic N) is 1. The molecule has 0 saturated carbocycles. The summed E-state index contributed by atoms with van der Waals surface area (Å²) in [6.07, 6.45) is 1.42. The van der Waals surface area contributed by atoms with Crippen molar-refractivity contribution in [3.63, 3.8) is 0 Å². The van der Waals surface area contributed by atoms with Crippen LogP contribution < -0.4 is 4.74 Å². The van der Waals surface area contributed by atoms with Gasteiger partial charge in [-0.1, -0.05) is 5.16 Å². The molecule has 1 N–H and O–H groups in total. The molecule has 1 fully saturated rings. The Labute approximate surface area is 139 Å². The van der Waals surface area contributed by atoms with Crippen molar-refractivity contribution in [3.8, 4) is 5.88 Å². The summed E-state index contributed by atoms with van der Waals surface area (Å²) in [4.78, 5) is 8.02. The zero-order valence-corrected chi connectivity index (χ0v) is 14.2. The predicted octanol–water partition coefficient (Wildman–Crippen LogP) is 0.454. The first-order chi connectivity index (χ1) is 11.3. The maximum atomic E-state index is 12.7. The Kier molecular flexibility index (Phi) is 4.28. The summed E-state index contributed by atoms with van der Waals surface area (Å²) in [5.74, 6) is 0.772. The molecular weight excluding hydrogens is 336 g/mol. The van der Waals surface area contributed by atoms with Crippen molar-refractivity contribution in [2.24, 2.45) is 0 Å². The van der Waals surface area contributed by atoms with Crippen molar-refractivity contribution in [3.05, 3.63) is 30.0 Å². The van der Waals surface area contributed by atoms with Crippen LogP contribution in [0.3, 0.4) is 0 Å². The Morgan fingerprint density at radius 3 is 2.83 bits per heavy atom. The third-order valence-electron chi connectivity index (χ3n) is 3.78. The smallest absolute Gasteiger partial charge is 0.260 e. The first-order valence-corrected chi connectivity index (χ1v) is 8.91. The van der Waals surface area contributed by atoms with Gasteiger partial charge in [0.25, 0.3) is 5.89 Å². The van der Waals surface area contributed by atoms with E-state index in [-0.39, 0.29) is 30.3 Å². The predicted molar refractivity (Wildman–Crippen MR) is 81.7 cm³/mol. The van der Waals surface area contributed by atoms with Crippen molar-refractivity contribution >= 4 is 10.0 Å². The number of ether oxygens (including phenoxy) is 1. The monoisotopic (exact) mass is 354 g/mol. The van der Waals surface area contributed by atoms with E-state index in [9.17, 15) is 13.5 Å². The van der Waals surface area contributed by atoms with E-state index in [1.165, 1.54) is 22.6 Å². The molecule has 0 bridgehead atoms. The summed E-state index contributed by atoms with van der Waals surface area (Å²) < 4.78 is 36.8. The second-order valence-electron chi connectivity index (χ2n) is 5.53. The van der Waals surface area contributed by atoms with Crippen LogP contribution in [0.4, 0.5) is 0 Å². The summed E-state index contributed by atoms with van der Waals surface area (Å²) >= 11 is 0. The number of aromatic nitrogens is 3. The molecule has 2 aromatic rings. The van der Waals surface area contributed by atoms with Gasteiger partial charge in [0.2, 0.25) is 15.9 Å². The van der Waals surface area contributed by atoms with Crippen LogP contribution in [-0.2, 0) is 15.6 Å². The van der Waals surface area contributed by atoms with Crippen molar-refractivity contribution in [2.75, 3.05) is 19.7 Å². The molecule has 1 atom stereocenters. The highest BCUT2D eigenvalue weighted by Gasteiger charge is 2.46. The lowest BCUT2D eigenvalue weighted by molar-refractivity contribution is 0.0194. The number of hydrogen-bond acceptors (Lipinski definition) is 8. The largest absolute Gasteiger partial charge is 0.478 e. The minimum absolute atomic E-state index is 0.0301. The molecule has 0 aliphatic carbocycles. The lowest BCUT2D eigenvalue weighted by Gasteiger charge is -2.19. The van der Waals surface area contributed by atoms with Crippen LogP contribution in [0, 0.1) is 6.92 Å². The fourth-order valence-electron chi connectivity index (χ4n) is 2.53. The van der Waals surface area contributed by atoms with Gasteiger partial charge < -0.3 is 14.4 Å². The summed E-state index contributed by atoms with van der Waals surface area (Å²) in [6.45, 7) is 3.89. The molecule has 1 aliphatic rings. The molecule has 10 heteroatoms. The van der Waals surface area contributed by atoms with Crippen molar-refractivity contribution in [2.45, 2.75) is 30.8 Å². The van der Waals surface area contributed by atoms with Crippen LogP contribution in [0.1, 0.15) is 25.1 Å². The van der Waals surface area contributed by atoms with E-state index in [1.54, 1.807) is 6.92 Å². The Morgan fingerprint density at radius 2 is 2.25 bits per heavy atom. The van der Waals surface area contributed by atoms with Gasteiger partial charge in [0, 0.05) is 19.0 Å². The molecule has 0 aromatic carbocycles. The molecule has 0 amide bonds. The number of sulfonamides is 1. The number of pyridine rings is 1. The number of aryl methyl sites for hydroxylation is 1. The molecule has 3 heterocycles. The van der Waals surface area contributed by atoms with Crippen molar-refractivity contribution < 1.29 is 22.8 Å². The molecule has 24 heavy (non-hydrogen) atoms. The topological polar surface area (TPSA) is 119 Å². The molecule has 9 nitrogen and oxygen atoms in total. The van der Waals surface area contributed by atoms with Gasteiger partial charge in [-0.3, -0.25) is 0 Å². The van der Waals surface area contributed by atoms with E-state index in [2.05, 4.69) is 15.1 Å². The van der Waals surface area contributed by atoms with Crippen LogP contribution >= 0.6 is 0 Å². The molecule has 1 aliphatic heterocycles. The number of rotatable bonds is 5. The average molecular weight is 354 g/mol. The second-order valence-corrected chi connectivity index (χ2v) is 7.47. The maximum absolute atomic E-state index is 12.7. The second kappa shape index (κ2) is 6.11. The first-order valence-electron chi connectivity index (χ1n) is 7.47. The van der Waals surface area contributed by atoms with Crippen LogP contribution in [0.15, 0.2) is 27.7 Å². The van der Waals surface area contributed by atoms with Gasteiger partial charge >= 0.3 is 0 Å². The molecule has 2 aromatic heterocycles. The first kappa shape index (κ1) is 16.8. The standard InChI is InChI=1S/C14H18N4O5S/c1-3-22-12-5-4-11(8-15-12)24(20,21)18-7-6-14(19,9-18)13-16-10(2)17-23-13/h4-5,8,19H,3,6-7,9H2,1-2H3/t14-/m1/s1. The highest BCUT2D eigenvalue weighted by Crippen LogP contribution is 2.34. The van der Waals surface area contributed by atoms with Gasteiger partial charge in [-0.05, 0) is 19.9 Å². The third kappa shape index (κ3) is 2.99. The molecule has 3 rings (SSSR count). The Bertz CT molecular complexity index is 820. The minimum Gasteiger partial charge on any atom is -0.478 e. The minimum atomic E-state index is -3.78. The molecule has 1 saturated heterocycles.